The molecule has 228 valence electrons. The standard InChI is InChI=1S/C37H44O6/c1-26(2)42-36(38)15-9-12-28-16-21-32-33(25-40-23-27-10-5-3-6-11-27)35(22-34(32)41-24-28)43-37(39)31-19-17-30(18-20-31)29-13-7-4-8-14-29/h3-8,10-11,13-14,17-20,26,28,32-35H,9,12,15-16,21-25H2,1-2H3/t28-,32+,33+,34-,35+/m0/s1. The molecule has 6 nitrogen and oxygen atoms in total. The molecular weight excluding hydrogens is 540 g/mol. The Morgan fingerprint density at radius 3 is 2.30 bits per heavy atom. The summed E-state index contributed by atoms with van der Waals surface area (Å²) in [5.41, 5.74) is 3.84. The Morgan fingerprint density at radius 2 is 1.58 bits per heavy atom. The number of carbonyl (C=O) groups is 2. The van der Waals surface area contributed by atoms with Crippen molar-refractivity contribution >= 4 is 11.9 Å². The van der Waals surface area contributed by atoms with Crippen molar-refractivity contribution in [2.45, 2.75) is 77.3 Å². The van der Waals surface area contributed by atoms with Crippen LogP contribution in [0, 0.1) is 17.8 Å². The predicted octanol–water partition coefficient (Wildman–Crippen LogP) is 7.65. The fourth-order valence-electron chi connectivity index (χ4n) is 6.47. The van der Waals surface area contributed by atoms with Gasteiger partial charge in [-0.25, -0.2) is 4.79 Å². The van der Waals surface area contributed by atoms with Gasteiger partial charge in [0.05, 0.1) is 31.0 Å². The van der Waals surface area contributed by atoms with Gasteiger partial charge in [-0.2, -0.15) is 0 Å². The Balaban J connectivity index is 1.20. The Labute approximate surface area is 255 Å². The third-order valence-corrected chi connectivity index (χ3v) is 8.69. The van der Waals surface area contributed by atoms with Crippen LogP contribution in [-0.2, 0) is 30.3 Å². The molecule has 0 spiro atoms. The lowest BCUT2D eigenvalue weighted by molar-refractivity contribution is -0.147. The minimum Gasteiger partial charge on any atom is -0.463 e. The summed E-state index contributed by atoms with van der Waals surface area (Å²) in [5, 5.41) is 0. The smallest absolute Gasteiger partial charge is 0.338 e. The van der Waals surface area contributed by atoms with Crippen molar-refractivity contribution in [3.63, 3.8) is 0 Å². The lowest BCUT2D eigenvalue weighted by Gasteiger charge is -2.25. The monoisotopic (exact) mass is 584 g/mol. The maximum absolute atomic E-state index is 13.3. The molecule has 2 aliphatic rings. The summed E-state index contributed by atoms with van der Waals surface area (Å²) in [7, 11) is 0. The number of esters is 2. The van der Waals surface area contributed by atoms with Crippen molar-refractivity contribution < 1.29 is 28.5 Å². The Bertz CT molecular complexity index is 1290. The number of hydrogen-bond donors (Lipinski definition) is 0. The second-order valence-corrected chi connectivity index (χ2v) is 12.2. The van der Waals surface area contributed by atoms with E-state index in [0.29, 0.717) is 44.1 Å². The van der Waals surface area contributed by atoms with E-state index in [2.05, 4.69) is 24.3 Å². The zero-order chi connectivity index (χ0) is 30.0. The van der Waals surface area contributed by atoms with Crippen LogP contribution in [0.2, 0.25) is 0 Å². The number of hydrogen-bond acceptors (Lipinski definition) is 6. The summed E-state index contributed by atoms with van der Waals surface area (Å²) in [4.78, 5) is 25.3. The first kappa shape index (κ1) is 31.0. The van der Waals surface area contributed by atoms with Crippen LogP contribution < -0.4 is 0 Å². The third-order valence-electron chi connectivity index (χ3n) is 8.69. The van der Waals surface area contributed by atoms with Gasteiger partial charge in [-0.05, 0) is 80.2 Å². The molecule has 6 heteroatoms. The summed E-state index contributed by atoms with van der Waals surface area (Å²) in [6, 6.07) is 27.9. The number of fused-ring (bicyclic) bond motifs is 1. The van der Waals surface area contributed by atoms with Gasteiger partial charge in [0.15, 0.2) is 0 Å². The molecule has 0 aromatic heterocycles. The topological polar surface area (TPSA) is 71.1 Å². The second-order valence-electron chi connectivity index (χ2n) is 12.2. The van der Waals surface area contributed by atoms with Crippen LogP contribution in [-0.4, -0.2) is 43.5 Å². The molecule has 1 saturated heterocycles. The first-order valence-electron chi connectivity index (χ1n) is 15.8. The van der Waals surface area contributed by atoms with Crippen molar-refractivity contribution in [3.8, 4) is 11.1 Å². The summed E-state index contributed by atoms with van der Waals surface area (Å²) < 4.78 is 24.2. The van der Waals surface area contributed by atoms with Crippen LogP contribution in [0.1, 0.15) is 68.3 Å². The van der Waals surface area contributed by atoms with Gasteiger partial charge < -0.3 is 18.9 Å². The van der Waals surface area contributed by atoms with Crippen molar-refractivity contribution in [3.05, 3.63) is 96.1 Å². The van der Waals surface area contributed by atoms with Gasteiger partial charge in [0.1, 0.15) is 6.10 Å². The van der Waals surface area contributed by atoms with Crippen molar-refractivity contribution in [1.29, 1.82) is 0 Å². The Kier molecular flexibility index (Phi) is 11.0. The van der Waals surface area contributed by atoms with Crippen LogP contribution in [0.5, 0.6) is 0 Å². The van der Waals surface area contributed by atoms with Crippen LogP contribution in [0.4, 0.5) is 0 Å². The SMILES string of the molecule is CC(C)OC(=O)CCC[C@H]1CC[C@@H]2[C@@H](COCc3ccccc3)[C@H](OC(=O)c3ccc(-c4ccccc4)cc3)C[C@@H]2OC1. The van der Waals surface area contributed by atoms with Gasteiger partial charge in [-0.1, -0.05) is 72.8 Å². The van der Waals surface area contributed by atoms with Gasteiger partial charge >= 0.3 is 11.9 Å². The fraction of sp³-hybridized carbons (Fsp3) is 0.459. The molecular formula is C37H44O6. The average molecular weight is 585 g/mol. The summed E-state index contributed by atoms with van der Waals surface area (Å²) >= 11 is 0. The highest BCUT2D eigenvalue weighted by atomic mass is 16.6. The zero-order valence-corrected chi connectivity index (χ0v) is 25.4. The molecule has 0 unspecified atom stereocenters. The molecule has 43 heavy (non-hydrogen) atoms. The van der Waals surface area contributed by atoms with Crippen LogP contribution >= 0.6 is 0 Å². The number of rotatable bonds is 12. The highest BCUT2D eigenvalue weighted by molar-refractivity contribution is 5.90. The molecule has 2 fully saturated rings. The maximum Gasteiger partial charge on any atom is 0.338 e. The van der Waals surface area contributed by atoms with E-state index in [-0.39, 0.29) is 42.1 Å². The first-order chi connectivity index (χ1) is 21.0. The number of benzene rings is 3. The van der Waals surface area contributed by atoms with E-state index < -0.39 is 0 Å². The number of carbonyl (C=O) groups excluding carboxylic acids is 2. The van der Waals surface area contributed by atoms with E-state index in [4.69, 9.17) is 18.9 Å². The summed E-state index contributed by atoms with van der Waals surface area (Å²) in [6.07, 6.45) is 4.56. The Morgan fingerprint density at radius 1 is 0.884 bits per heavy atom. The van der Waals surface area contributed by atoms with Gasteiger partial charge in [-0.3, -0.25) is 4.79 Å². The summed E-state index contributed by atoms with van der Waals surface area (Å²) in [5.74, 6) is 0.287. The largest absolute Gasteiger partial charge is 0.463 e. The molecule has 1 aliphatic carbocycles. The predicted molar refractivity (Wildman–Crippen MR) is 166 cm³/mol. The van der Waals surface area contributed by atoms with Crippen LogP contribution in [0.15, 0.2) is 84.9 Å². The first-order valence-corrected chi connectivity index (χ1v) is 15.8. The minimum atomic E-state index is -0.305. The molecule has 0 radical (unpaired) electrons. The van der Waals surface area contributed by atoms with E-state index in [1.54, 1.807) is 0 Å². The molecule has 0 amide bonds. The van der Waals surface area contributed by atoms with Gasteiger partial charge in [0.2, 0.25) is 0 Å². The van der Waals surface area contributed by atoms with E-state index in [1.807, 2.05) is 74.5 Å². The molecule has 3 aromatic carbocycles. The quantitative estimate of drug-likeness (QED) is 0.204. The molecule has 1 heterocycles. The molecule has 3 aromatic rings. The van der Waals surface area contributed by atoms with Crippen LogP contribution in [0.3, 0.4) is 0 Å². The van der Waals surface area contributed by atoms with Crippen molar-refractivity contribution in [1.82, 2.24) is 0 Å². The van der Waals surface area contributed by atoms with Gasteiger partial charge in [0, 0.05) is 25.4 Å². The lowest BCUT2D eigenvalue weighted by atomic mass is 9.87. The third kappa shape index (κ3) is 8.77. The molecule has 5 rings (SSSR count). The highest BCUT2D eigenvalue weighted by Gasteiger charge is 2.47. The maximum atomic E-state index is 13.3. The fourth-order valence-corrected chi connectivity index (χ4v) is 6.47. The van der Waals surface area contributed by atoms with E-state index in [0.717, 1.165) is 42.4 Å². The van der Waals surface area contributed by atoms with Crippen molar-refractivity contribution in [2.75, 3.05) is 13.2 Å². The average Bonchev–Trinajstić information content (AvgIpc) is 3.20. The zero-order valence-electron chi connectivity index (χ0n) is 25.4. The van der Waals surface area contributed by atoms with E-state index in [1.165, 1.54) is 0 Å². The lowest BCUT2D eigenvalue weighted by Crippen LogP contribution is -2.30. The van der Waals surface area contributed by atoms with Gasteiger partial charge in [-0.15, -0.1) is 0 Å². The second kappa shape index (κ2) is 15.3. The van der Waals surface area contributed by atoms with E-state index in [9.17, 15) is 9.59 Å². The highest BCUT2D eigenvalue weighted by Crippen LogP contribution is 2.43. The molecule has 1 aliphatic heterocycles. The molecule has 5 atom stereocenters. The normalized spacial score (nSPS) is 23.4. The number of ether oxygens (including phenoxy) is 4. The minimum absolute atomic E-state index is 0.0273. The molecule has 1 saturated carbocycles. The Hall–Kier alpha value is -3.48. The van der Waals surface area contributed by atoms with E-state index >= 15 is 0 Å². The molecule has 0 N–H and O–H groups in total. The molecule has 0 bridgehead atoms. The van der Waals surface area contributed by atoms with Crippen LogP contribution in [0.25, 0.3) is 11.1 Å². The van der Waals surface area contributed by atoms with Gasteiger partial charge in [0.25, 0.3) is 0 Å². The van der Waals surface area contributed by atoms with Crippen molar-refractivity contribution in [2.24, 2.45) is 17.8 Å². The summed E-state index contributed by atoms with van der Waals surface area (Å²) in [6.45, 7) is 5.45.